The lowest BCUT2D eigenvalue weighted by molar-refractivity contribution is 0.00697. The highest BCUT2D eigenvalue weighted by Crippen LogP contribution is 2.21. The van der Waals surface area contributed by atoms with Crippen LogP contribution in [0.5, 0.6) is 0 Å². The summed E-state index contributed by atoms with van der Waals surface area (Å²) < 4.78 is 5.33. The lowest BCUT2D eigenvalue weighted by Gasteiger charge is -2.19. The molecule has 0 aliphatic heterocycles. The van der Waals surface area contributed by atoms with Crippen molar-refractivity contribution < 1.29 is 9.53 Å². The summed E-state index contributed by atoms with van der Waals surface area (Å²) in [6, 6.07) is 5.26. The number of carbonyl (C=O) groups is 1. The quantitative estimate of drug-likeness (QED) is 0.840. The zero-order valence-electron chi connectivity index (χ0n) is 11.5. The molecule has 19 heavy (non-hydrogen) atoms. The Morgan fingerprint density at radius 2 is 2.00 bits per heavy atom. The van der Waals surface area contributed by atoms with E-state index in [0.29, 0.717) is 11.1 Å². The van der Waals surface area contributed by atoms with Crippen molar-refractivity contribution in [1.82, 2.24) is 9.97 Å². The first-order valence-corrected chi connectivity index (χ1v) is 6.06. The van der Waals surface area contributed by atoms with Gasteiger partial charge in [-0.3, -0.25) is 0 Å². The molecule has 0 aliphatic rings. The van der Waals surface area contributed by atoms with Crippen LogP contribution < -0.4 is 5.32 Å². The van der Waals surface area contributed by atoms with Gasteiger partial charge in [0, 0.05) is 12.4 Å². The third kappa shape index (κ3) is 2.99. The van der Waals surface area contributed by atoms with E-state index in [9.17, 15) is 4.79 Å². The number of rotatable bonds is 2. The van der Waals surface area contributed by atoms with Gasteiger partial charge in [-0.25, -0.2) is 14.8 Å². The second-order valence-electron chi connectivity index (χ2n) is 5.21. The van der Waals surface area contributed by atoms with Gasteiger partial charge < -0.3 is 10.1 Å². The maximum atomic E-state index is 12.0. The summed E-state index contributed by atoms with van der Waals surface area (Å²) in [4.78, 5) is 20.3. The van der Waals surface area contributed by atoms with Crippen LogP contribution in [0.1, 0.15) is 31.1 Å². The molecule has 2 aromatic rings. The molecule has 100 valence electrons. The van der Waals surface area contributed by atoms with E-state index in [1.165, 1.54) is 6.33 Å². The molecule has 0 saturated heterocycles. The fourth-order valence-electron chi connectivity index (χ4n) is 1.72. The molecule has 0 bridgehead atoms. The van der Waals surface area contributed by atoms with E-state index in [1.807, 2.05) is 26.8 Å². The van der Waals surface area contributed by atoms with Crippen LogP contribution in [0.25, 0.3) is 10.9 Å². The van der Waals surface area contributed by atoms with E-state index in [-0.39, 0.29) is 5.97 Å². The molecule has 0 amide bonds. The highest BCUT2D eigenvalue weighted by Gasteiger charge is 2.18. The summed E-state index contributed by atoms with van der Waals surface area (Å²) >= 11 is 0. The Balaban J connectivity index is 2.40. The third-order valence-electron chi connectivity index (χ3n) is 2.51. The molecule has 5 heteroatoms. The predicted octanol–water partition coefficient (Wildman–Crippen LogP) is 2.63. The number of nitrogens with zero attached hydrogens (tertiary/aromatic N) is 2. The molecule has 0 unspecified atom stereocenters. The van der Waals surface area contributed by atoms with Crippen molar-refractivity contribution in [3.8, 4) is 0 Å². The van der Waals surface area contributed by atoms with Crippen LogP contribution in [0, 0.1) is 0 Å². The number of benzene rings is 1. The molecule has 0 aliphatic carbocycles. The van der Waals surface area contributed by atoms with Gasteiger partial charge in [0.1, 0.15) is 17.7 Å². The SMILES string of the molecule is CNc1ncnc2cc(C(=O)OC(C)(C)C)ccc12. The molecule has 0 fully saturated rings. The standard InChI is InChI=1S/C14H17N3O2/c1-14(2,3)19-13(18)9-5-6-10-11(7-9)16-8-17-12(10)15-4/h5-8H,1-4H3,(H,15,16,17). The van der Waals surface area contributed by atoms with Gasteiger partial charge in [-0.15, -0.1) is 0 Å². The number of carbonyl (C=O) groups excluding carboxylic acids is 1. The summed E-state index contributed by atoms with van der Waals surface area (Å²) in [5, 5.41) is 3.86. The minimum atomic E-state index is -0.506. The molecule has 0 radical (unpaired) electrons. The van der Waals surface area contributed by atoms with Gasteiger partial charge in [0.05, 0.1) is 11.1 Å². The number of nitrogens with one attached hydrogen (secondary N) is 1. The van der Waals surface area contributed by atoms with Crippen molar-refractivity contribution in [2.75, 3.05) is 12.4 Å². The Morgan fingerprint density at radius 3 is 2.63 bits per heavy atom. The molecular weight excluding hydrogens is 242 g/mol. The molecule has 0 atom stereocenters. The van der Waals surface area contributed by atoms with Gasteiger partial charge >= 0.3 is 5.97 Å². The van der Waals surface area contributed by atoms with Crippen molar-refractivity contribution in [1.29, 1.82) is 0 Å². The van der Waals surface area contributed by atoms with Crippen LogP contribution in [-0.2, 0) is 4.74 Å². The van der Waals surface area contributed by atoms with Gasteiger partial charge in [0.2, 0.25) is 0 Å². The fourth-order valence-corrected chi connectivity index (χ4v) is 1.72. The Kier molecular flexibility index (Phi) is 3.38. The number of esters is 1. The molecule has 5 nitrogen and oxygen atoms in total. The van der Waals surface area contributed by atoms with Crippen molar-refractivity contribution in [3.05, 3.63) is 30.1 Å². The van der Waals surface area contributed by atoms with Gasteiger partial charge in [-0.1, -0.05) is 0 Å². The van der Waals surface area contributed by atoms with Crippen LogP contribution in [0.3, 0.4) is 0 Å². The van der Waals surface area contributed by atoms with E-state index >= 15 is 0 Å². The monoisotopic (exact) mass is 259 g/mol. The largest absolute Gasteiger partial charge is 0.456 e. The average Bonchev–Trinajstić information content (AvgIpc) is 2.35. The van der Waals surface area contributed by atoms with Crippen LogP contribution in [0.15, 0.2) is 24.5 Å². The topological polar surface area (TPSA) is 64.1 Å². The average molecular weight is 259 g/mol. The zero-order chi connectivity index (χ0) is 14.0. The molecule has 1 aromatic heterocycles. The summed E-state index contributed by atoms with van der Waals surface area (Å²) in [7, 11) is 1.80. The smallest absolute Gasteiger partial charge is 0.338 e. The van der Waals surface area contributed by atoms with Crippen molar-refractivity contribution in [2.45, 2.75) is 26.4 Å². The van der Waals surface area contributed by atoms with E-state index < -0.39 is 5.60 Å². The van der Waals surface area contributed by atoms with Gasteiger partial charge in [0.25, 0.3) is 0 Å². The number of hydrogen-bond donors (Lipinski definition) is 1. The summed E-state index contributed by atoms with van der Waals surface area (Å²) in [5.41, 5.74) is 0.694. The Bertz CT molecular complexity index is 618. The second kappa shape index (κ2) is 4.84. The minimum Gasteiger partial charge on any atom is -0.456 e. The van der Waals surface area contributed by atoms with E-state index in [1.54, 1.807) is 19.2 Å². The Hall–Kier alpha value is -2.17. The van der Waals surface area contributed by atoms with Gasteiger partial charge in [-0.2, -0.15) is 0 Å². The van der Waals surface area contributed by atoms with Crippen molar-refractivity contribution in [3.63, 3.8) is 0 Å². The van der Waals surface area contributed by atoms with Gasteiger partial charge in [-0.05, 0) is 39.0 Å². The number of anilines is 1. The molecular formula is C14H17N3O2. The molecule has 2 rings (SSSR count). The molecule has 0 spiro atoms. The van der Waals surface area contributed by atoms with E-state index in [0.717, 1.165) is 11.2 Å². The Morgan fingerprint density at radius 1 is 1.26 bits per heavy atom. The lowest BCUT2D eigenvalue weighted by atomic mass is 10.1. The van der Waals surface area contributed by atoms with Crippen LogP contribution in [-0.4, -0.2) is 28.6 Å². The van der Waals surface area contributed by atoms with Crippen LogP contribution in [0.2, 0.25) is 0 Å². The summed E-state index contributed by atoms with van der Waals surface area (Å²) in [6.07, 6.45) is 1.47. The number of aromatic nitrogens is 2. The predicted molar refractivity (Wildman–Crippen MR) is 74.3 cm³/mol. The van der Waals surface area contributed by atoms with Crippen molar-refractivity contribution >= 4 is 22.7 Å². The number of ether oxygens (including phenoxy) is 1. The second-order valence-corrected chi connectivity index (χ2v) is 5.21. The first-order valence-electron chi connectivity index (χ1n) is 6.06. The minimum absolute atomic E-state index is 0.348. The van der Waals surface area contributed by atoms with Crippen molar-refractivity contribution in [2.24, 2.45) is 0 Å². The van der Waals surface area contributed by atoms with Crippen LogP contribution in [0.4, 0.5) is 5.82 Å². The third-order valence-corrected chi connectivity index (χ3v) is 2.51. The first-order chi connectivity index (χ1) is 8.90. The maximum Gasteiger partial charge on any atom is 0.338 e. The number of hydrogen-bond acceptors (Lipinski definition) is 5. The van der Waals surface area contributed by atoms with E-state index in [2.05, 4.69) is 15.3 Å². The molecule has 1 heterocycles. The van der Waals surface area contributed by atoms with Crippen LogP contribution >= 0.6 is 0 Å². The summed E-state index contributed by atoms with van der Waals surface area (Å²) in [6.45, 7) is 5.52. The molecule has 1 aromatic carbocycles. The number of fused-ring (bicyclic) bond motifs is 1. The maximum absolute atomic E-state index is 12.0. The zero-order valence-corrected chi connectivity index (χ0v) is 11.5. The van der Waals surface area contributed by atoms with E-state index in [4.69, 9.17) is 4.74 Å². The molecule has 0 saturated carbocycles. The molecule has 1 N–H and O–H groups in total. The van der Waals surface area contributed by atoms with Gasteiger partial charge in [0.15, 0.2) is 0 Å². The Labute approximate surface area is 112 Å². The fraction of sp³-hybridized carbons (Fsp3) is 0.357. The summed E-state index contributed by atoms with van der Waals surface area (Å²) in [5.74, 6) is 0.389. The lowest BCUT2D eigenvalue weighted by Crippen LogP contribution is -2.23. The highest BCUT2D eigenvalue weighted by molar-refractivity contribution is 5.97. The highest BCUT2D eigenvalue weighted by atomic mass is 16.6. The normalized spacial score (nSPS) is 11.4. The first kappa shape index (κ1) is 13.3.